The fourth-order valence-electron chi connectivity index (χ4n) is 3.10. The topological polar surface area (TPSA) is 12.0 Å². The summed E-state index contributed by atoms with van der Waals surface area (Å²) in [6.45, 7) is 9.38. The highest BCUT2D eigenvalue weighted by Crippen LogP contribution is 2.36. The van der Waals surface area contributed by atoms with E-state index in [0.717, 1.165) is 5.92 Å². The average Bonchev–Trinajstić information content (AvgIpc) is 2.71. The Morgan fingerprint density at radius 3 is 2.28 bits per heavy atom. The monoisotopic (exact) mass is 245 g/mol. The second kappa shape index (κ2) is 5.44. The van der Waals surface area contributed by atoms with E-state index < -0.39 is 0 Å². The molecule has 1 fully saturated rings. The van der Waals surface area contributed by atoms with Crippen LogP contribution in [0.4, 0.5) is 0 Å². The van der Waals surface area contributed by atoms with Gasteiger partial charge in [-0.15, -0.1) is 0 Å². The van der Waals surface area contributed by atoms with E-state index in [1.54, 1.807) is 0 Å². The van der Waals surface area contributed by atoms with Gasteiger partial charge in [-0.1, -0.05) is 64.4 Å². The first-order chi connectivity index (χ1) is 8.48. The molecule has 1 aromatic rings. The van der Waals surface area contributed by atoms with Crippen molar-refractivity contribution in [3.05, 3.63) is 35.9 Å². The van der Waals surface area contributed by atoms with E-state index in [1.165, 1.54) is 24.8 Å². The average molecular weight is 245 g/mol. The van der Waals surface area contributed by atoms with Gasteiger partial charge in [0, 0.05) is 12.1 Å². The molecule has 1 aliphatic carbocycles. The molecule has 1 saturated carbocycles. The van der Waals surface area contributed by atoms with Gasteiger partial charge in [0.2, 0.25) is 0 Å². The van der Waals surface area contributed by atoms with Crippen molar-refractivity contribution >= 4 is 0 Å². The van der Waals surface area contributed by atoms with Crippen LogP contribution in [0.15, 0.2) is 30.3 Å². The van der Waals surface area contributed by atoms with E-state index in [2.05, 4.69) is 63.3 Å². The molecular weight excluding hydrogens is 218 g/mol. The predicted octanol–water partition coefficient (Wildman–Crippen LogP) is 4.55. The summed E-state index contributed by atoms with van der Waals surface area (Å²) in [4.78, 5) is 0. The number of benzene rings is 1. The number of hydrogen-bond donors (Lipinski definition) is 1. The van der Waals surface area contributed by atoms with Crippen molar-refractivity contribution in [2.24, 2.45) is 11.3 Å². The Morgan fingerprint density at radius 1 is 1.11 bits per heavy atom. The van der Waals surface area contributed by atoms with Gasteiger partial charge in [-0.2, -0.15) is 0 Å². The van der Waals surface area contributed by atoms with Crippen molar-refractivity contribution in [3.8, 4) is 0 Å². The number of nitrogens with one attached hydrogen (secondary N) is 1. The van der Waals surface area contributed by atoms with E-state index in [4.69, 9.17) is 0 Å². The van der Waals surface area contributed by atoms with Crippen molar-refractivity contribution in [3.63, 3.8) is 0 Å². The third kappa shape index (κ3) is 3.14. The predicted molar refractivity (Wildman–Crippen MR) is 78.6 cm³/mol. The van der Waals surface area contributed by atoms with Crippen molar-refractivity contribution in [1.82, 2.24) is 5.32 Å². The maximum absolute atomic E-state index is 3.92. The minimum Gasteiger partial charge on any atom is -0.306 e. The molecule has 100 valence electrons. The lowest BCUT2D eigenvalue weighted by molar-refractivity contribution is 0.234. The molecule has 3 unspecified atom stereocenters. The first-order valence-electron chi connectivity index (χ1n) is 7.29. The van der Waals surface area contributed by atoms with Crippen LogP contribution >= 0.6 is 0 Å². The molecule has 0 aliphatic heterocycles. The van der Waals surface area contributed by atoms with Crippen molar-refractivity contribution < 1.29 is 0 Å². The SMILES string of the molecule is CC1CCCC1NC(c1ccccc1)C(C)(C)C. The van der Waals surface area contributed by atoms with E-state index in [0.29, 0.717) is 12.1 Å². The molecule has 1 heteroatoms. The van der Waals surface area contributed by atoms with Crippen molar-refractivity contribution in [2.45, 2.75) is 59.0 Å². The summed E-state index contributed by atoms with van der Waals surface area (Å²) in [7, 11) is 0. The third-order valence-corrected chi connectivity index (χ3v) is 4.24. The van der Waals surface area contributed by atoms with Crippen LogP contribution in [0.25, 0.3) is 0 Å². The molecule has 0 saturated heterocycles. The van der Waals surface area contributed by atoms with E-state index in [1.807, 2.05) is 0 Å². The summed E-state index contributed by atoms with van der Waals surface area (Å²) in [5.41, 5.74) is 1.67. The molecule has 0 aromatic heterocycles. The molecule has 3 atom stereocenters. The van der Waals surface area contributed by atoms with Gasteiger partial charge in [0.1, 0.15) is 0 Å². The summed E-state index contributed by atoms with van der Waals surface area (Å²) in [5, 5.41) is 3.92. The number of hydrogen-bond acceptors (Lipinski definition) is 1. The van der Waals surface area contributed by atoms with E-state index >= 15 is 0 Å². The molecule has 0 amide bonds. The zero-order valence-corrected chi connectivity index (χ0v) is 12.2. The Hall–Kier alpha value is -0.820. The number of rotatable bonds is 3. The molecule has 0 radical (unpaired) electrons. The van der Waals surface area contributed by atoms with Crippen LogP contribution in [0.1, 0.15) is 58.6 Å². The molecular formula is C17H27N. The Bertz CT molecular complexity index is 363. The summed E-state index contributed by atoms with van der Waals surface area (Å²) in [6, 6.07) is 12.0. The van der Waals surface area contributed by atoms with Gasteiger partial charge in [-0.3, -0.25) is 0 Å². The maximum Gasteiger partial charge on any atom is 0.0371 e. The Labute approximate surface area is 112 Å². The highest BCUT2D eigenvalue weighted by molar-refractivity contribution is 5.21. The van der Waals surface area contributed by atoms with Gasteiger partial charge in [0.25, 0.3) is 0 Å². The fourth-order valence-corrected chi connectivity index (χ4v) is 3.10. The first-order valence-corrected chi connectivity index (χ1v) is 7.29. The second-order valence-electron chi connectivity index (χ2n) is 6.89. The molecule has 1 N–H and O–H groups in total. The van der Waals surface area contributed by atoms with Gasteiger partial charge in [0.15, 0.2) is 0 Å². The minimum atomic E-state index is 0.254. The quantitative estimate of drug-likeness (QED) is 0.823. The summed E-state index contributed by atoms with van der Waals surface area (Å²) in [6.07, 6.45) is 4.09. The standard InChI is InChI=1S/C17H27N/c1-13-9-8-12-15(13)18-16(17(2,3)4)14-10-6-5-7-11-14/h5-7,10-11,13,15-16,18H,8-9,12H2,1-4H3. The van der Waals surface area contributed by atoms with Crippen LogP contribution in [0, 0.1) is 11.3 Å². The highest BCUT2D eigenvalue weighted by atomic mass is 15.0. The van der Waals surface area contributed by atoms with Crippen LogP contribution < -0.4 is 5.32 Å². The highest BCUT2D eigenvalue weighted by Gasteiger charge is 2.31. The van der Waals surface area contributed by atoms with Crippen LogP contribution in [-0.2, 0) is 0 Å². The van der Waals surface area contributed by atoms with Gasteiger partial charge in [-0.05, 0) is 29.7 Å². The van der Waals surface area contributed by atoms with Crippen LogP contribution in [0.3, 0.4) is 0 Å². The molecule has 18 heavy (non-hydrogen) atoms. The molecule has 1 nitrogen and oxygen atoms in total. The largest absolute Gasteiger partial charge is 0.306 e. The van der Waals surface area contributed by atoms with Crippen LogP contribution in [-0.4, -0.2) is 6.04 Å². The fraction of sp³-hybridized carbons (Fsp3) is 0.647. The lowest BCUT2D eigenvalue weighted by Gasteiger charge is -2.35. The normalized spacial score (nSPS) is 26.2. The third-order valence-electron chi connectivity index (χ3n) is 4.24. The van der Waals surface area contributed by atoms with Crippen LogP contribution in [0.5, 0.6) is 0 Å². The van der Waals surface area contributed by atoms with Gasteiger partial charge in [-0.25, -0.2) is 0 Å². The van der Waals surface area contributed by atoms with Gasteiger partial charge in [0.05, 0.1) is 0 Å². The van der Waals surface area contributed by atoms with Gasteiger partial charge >= 0.3 is 0 Å². The molecule has 0 spiro atoms. The molecule has 1 aliphatic rings. The lowest BCUT2D eigenvalue weighted by atomic mass is 9.81. The summed E-state index contributed by atoms with van der Waals surface area (Å²) < 4.78 is 0. The summed E-state index contributed by atoms with van der Waals surface area (Å²) in [5.74, 6) is 0.818. The Morgan fingerprint density at radius 2 is 1.78 bits per heavy atom. The molecule has 1 aromatic carbocycles. The smallest absolute Gasteiger partial charge is 0.0371 e. The zero-order valence-electron chi connectivity index (χ0n) is 12.2. The maximum atomic E-state index is 3.92. The van der Waals surface area contributed by atoms with E-state index in [9.17, 15) is 0 Å². The summed E-state index contributed by atoms with van der Waals surface area (Å²) >= 11 is 0. The minimum absolute atomic E-state index is 0.254. The Kier molecular flexibility index (Phi) is 4.11. The van der Waals surface area contributed by atoms with Crippen molar-refractivity contribution in [2.75, 3.05) is 0 Å². The van der Waals surface area contributed by atoms with Crippen molar-refractivity contribution in [1.29, 1.82) is 0 Å². The second-order valence-corrected chi connectivity index (χ2v) is 6.89. The zero-order chi connectivity index (χ0) is 13.2. The first kappa shape index (κ1) is 13.6. The Balaban J connectivity index is 2.16. The van der Waals surface area contributed by atoms with Crippen LogP contribution in [0.2, 0.25) is 0 Å². The molecule has 0 bridgehead atoms. The molecule has 2 rings (SSSR count). The van der Waals surface area contributed by atoms with E-state index in [-0.39, 0.29) is 5.41 Å². The van der Waals surface area contributed by atoms with Gasteiger partial charge < -0.3 is 5.32 Å². The lowest BCUT2D eigenvalue weighted by Crippen LogP contribution is -2.40. The molecule has 0 heterocycles.